The van der Waals surface area contributed by atoms with Crippen molar-refractivity contribution in [1.82, 2.24) is 5.32 Å². The average molecular weight is 279 g/mol. The summed E-state index contributed by atoms with van der Waals surface area (Å²) in [5.74, 6) is -0.722. The molecular weight excluding hydrogens is 258 g/mol. The van der Waals surface area contributed by atoms with Crippen molar-refractivity contribution in [2.75, 3.05) is 6.61 Å². The van der Waals surface area contributed by atoms with Gasteiger partial charge in [0.1, 0.15) is 11.3 Å². The Labute approximate surface area is 118 Å². The fourth-order valence-corrected chi connectivity index (χ4v) is 1.94. The summed E-state index contributed by atoms with van der Waals surface area (Å²) in [5, 5.41) is 11.9. The van der Waals surface area contributed by atoms with Gasteiger partial charge < -0.3 is 15.2 Å². The van der Waals surface area contributed by atoms with Gasteiger partial charge in [-0.1, -0.05) is 13.8 Å². The number of hydrogen-bond acceptors (Lipinski definition) is 3. The van der Waals surface area contributed by atoms with Gasteiger partial charge in [0.25, 0.3) is 5.91 Å². The summed E-state index contributed by atoms with van der Waals surface area (Å²) in [6.07, 6.45) is 0.670. The van der Waals surface area contributed by atoms with Gasteiger partial charge in [-0.3, -0.25) is 4.79 Å². The zero-order valence-corrected chi connectivity index (χ0v) is 12.1. The summed E-state index contributed by atoms with van der Waals surface area (Å²) < 4.78 is 5.30. The van der Waals surface area contributed by atoms with Gasteiger partial charge in [-0.25, -0.2) is 4.79 Å². The van der Waals surface area contributed by atoms with Crippen LogP contribution in [0, 0.1) is 0 Å². The molecule has 0 aliphatic carbocycles. The van der Waals surface area contributed by atoms with Crippen LogP contribution >= 0.6 is 0 Å². The van der Waals surface area contributed by atoms with E-state index < -0.39 is 11.5 Å². The van der Waals surface area contributed by atoms with E-state index in [9.17, 15) is 14.7 Å². The van der Waals surface area contributed by atoms with E-state index in [2.05, 4.69) is 5.32 Å². The SMILES string of the molecule is CCOc1ccc(C(=O)NC(CC)(CC)C(=O)O)cc1. The maximum Gasteiger partial charge on any atom is 0.329 e. The van der Waals surface area contributed by atoms with Gasteiger partial charge in [0, 0.05) is 5.56 Å². The third-order valence-electron chi connectivity index (χ3n) is 3.40. The minimum atomic E-state index is -1.21. The van der Waals surface area contributed by atoms with Crippen LogP contribution in [-0.2, 0) is 4.79 Å². The van der Waals surface area contributed by atoms with Gasteiger partial charge >= 0.3 is 5.97 Å². The number of nitrogens with one attached hydrogen (secondary N) is 1. The molecule has 20 heavy (non-hydrogen) atoms. The molecule has 0 spiro atoms. The highest BCUT2D eigenvalue weighted by Gasteiger charge is 2.36. The second-order valence-electron chi connectivity index (χ2n) is 4.51. The number of rotatable bonds is 7. The van der Waals surface area contributed by atoms with Crippen molar-refractivity contribution in [3.05, 3.63) is 29.8 Å². The number of carbonyl (C=O) groups excluding carboxylic acids is 1. The van der Waals surface area contributed by atoms with Crippen molar-refractivity contribution >= 4 is 11.9 Å². The molecule has 0 atom stereocenters. The molecule has 1 aromatic rings. The van der Waals surface area contributed by atoms with E-state index in [4.69, 9.17) is 4.74 Å². The fourth-order valence-electron chi connectivity index (χ4n) is 1.94. The second kappa shape index (κ2) is 6.93. The highest BCUT2D eigenvalue weighted by molar-refractivity contribution is 5.97. The van der Waals surface area contributed by atoms with E-state index in [0.29, 0.717) is 30.8 Å². The number of carboxylic acids is 1. The van der Waals surface area contributed by atoms with Crippen LogP contribution in [0.1, 0.15) is 44.0 Å². The Balaban J connectivity index is 2.86. The number of amides is 1. The third-order valence-corrected chi connectivity index (χ3v) is 3.40. The van der Waals surface area contributed by atoms with Gasteiger partial charge in [-0.15, -0.1) is 0 Å². The van der Waals surface area contributed by atoms with E-state index in [1.54, 1.807) is 38.1 Å². The molecule has 0 aromatic heterocycles. The van der Waals surface area contributed by atoms with Gasteiger partial charge in [0.05, 0.1) is 6.61 Å². The van der Waals surface area contributed by atoms with Crippen LogP contribution in [-0.4, -0.2) is 29.1 Å². The first-order valence-electron chi connectivity index (χ1n) is 6.77. The summed E-state index contributed by atoms with van der Waals surface area (Å²) in [7, 11) is 0. The topological polar surface area (TPSA) is 75.6 Å². The lowest BCUT2D eigenvalue weighted by atomic mass is 9.92. The molecule has 1 rings (SSSR count). The molecule has 0 bridgehead atoms. The minimum absolute atomic E-state index is 0.335. The third kappa shape index (κ3) is 3.50. The maximum atomic E-state index is 12.1. The molecule has 5 heteroatoms. The van der Waals surface area contributed by atoms with Crippen molar-refractivity contribution < 1.29 is 19.4 Å². The van der Waals surface area contributed by atoms with Crippen molar-refractivity contribution in [1.29, 1.82) is 0 Å². The van der Waals surface area contributed by atoms with Gasteiger partial charge in [0.15, 0.2) is 0 Å². The molecule has 1 aromatic carbocycles. The van der Waals surface area contributed by atoms with Crippen molar-refractivity contribution in [2.24, 2.45) is 0 Å². The van der Waals surface area contributed by atoms with Crippen LogP contribution in [0.25, 0.3) is 0 Å². The predicted octanol–water partition coefficient (Wildman–Crippen LogP) is 2.46. The zero-order chi connectivity index (χ0) is 15.2. The van der Waals surface area contributed by atoms with Crippen LogP contribution in [0.5, 0.6) is 5.75 Å². The molecular formula is C15H21NO4. The van der Waals surface area contributed by atoms with Crippen LogP contribution in [0.15, 0.2) is 24.3 Å². The zero-order valence-electron chi connectivity index (χ0n) is 12.1. The van der Waals surface area contributed by atoms with Crippen molar-refractivity contribution in [3.8, 4) is 5.75 Å². The quantitative estimate of drug-likeness (QED) is 0.804. The van der Waals surface area contributed by atoms with Gasteiger partial charge in [-0.2, -0.15) is 0 Å². The Morgan fingerprint density at radius 3 is 2.10 bits per heavy atom. The molecule has 5 nitrogen and oxygen atoms in total. The molecule has 0 saturated heterocycles. The summed E-state index contributed by atoms with van der Waals surface area (Å²) in [4.78, 5) is 23.5. The molecule has 0 saturated carbocycles. The van der Waals surface area contributed by atoms with Gasteiger partial charge in [0.2, 0.25) is 0 Å². The molecule has 1 amide bonds. The average Bonchev–Trinajstić information content (AvgIpc) is 2.45. The number of benzene rings is 1. The summed E-state index contributed by atoms with van der Waals surface area (Å²) in [5.41, 5.74) is -0.795. The molecule has 0 aliphatic rings. The lowest BCUT2D eigenvalue weighted by Gasteiger charge is -2.28. The second-order valence-corrected chi connectivity index (χ2v) is 4.51. The lowest BCUT2D eigenvalue weighted by molar-refractivity contribution is -0.144. The minimum Gasteiger partial charge on any atom is -0.494 e. The fraction of sp³-hybridized carbons (Fsp3) is 0.467. The molecule has 0 aliphatic heterocycles. The van der Waals surface area contributed by atoms with E-state index in [0.717, 1.165) is 0 Å². The number of carbonyl (C=O) groups is 2. The van der Waals surface area contributed by atoms with E-state index in [1.165, 1.54) is 0 Å². The highest BCUT2D eigenvalue weighted by Crippen LogP contribution is 2.18. The lowest BCUT2D eigenvalue weighted by Crippen LogP contribution is -2.53. The molecule has 0 unspecified atom stereocenters. The van der Waals surface area contributed by atoms with Crippen molar-refractivity contribution in [2.45, 2.75) is 39.2 Å². The number of hydrogen-bond donors (Lipinski definition) is 2. The van der Waals surface area contributed by atoms with E-state index >= 15 is 0 Å². The number of carboxylic acid groups (broad SMARTS) is 1. The normalized spacial score (nSPS) is 10.9. The molecule has 0 radical (unpaired) electrons. The Kier molecular flexibility index (Phi) is 5.55. The Hall–Kier alpha value is -2.04. The van der Waals surface area contributed by atoms with E-state index in [1.807, 2.05) is 6.92 Å². The van der Waals surface area contributed by atoms with Crippen LogP contribution in [0.2, 0.25) is 0 Å². The number of aliphatic carboxylic acids is 1. The first kappa shape index (κ1) is 16.0. The van der Waals surface area contributed by atoms with Crippen LogP contribution in [0.4, 0.5) is 0 Å². The Morgan fingerprint density at radius 1 is 1.15 bits per heavy atom. The van der Waals surface area contributed by atoms with Crippen LogP contribution in [0.3, 0.4) is 0 Å². The number of ether oxygens (including phenoxy) is 1. The highest BCUT2D eigenvalue weighted by atomic mass is 16.5. The Morgan fingerprint density at radius 2 is 1.70 bits per heavy atom. The van der Waals surface area contributed by atoms with Crippen LogP contribution < -0.4 is 10.1 Å². The van der Waals surface area contributed by atoms with Gasteiger partial charge in [-0.05, 0) is 44.0 Å². The molecule has 0 fully saturated rings. The monoisotopic (exact) mass is 279 g/mol. The first-order valence-corrected chi connectivity index (χ1v) is 6.77. The summed E-state index contributed by atoms with van der Waals surface area (Å²) >= 11 is 0. The summed E-state index contributed by atoms with van der Waals surface area (Å²) in [6, 6.07) is 6.63. The predicted molar refractivity (Wildman–Crippen MR) is 76.0 cm³/mol. The van der Waals surface area contributed by atoms with Crippen molar-refractivity contribution in [3.63, 3.8) is 0 Å². The molecule has 110 valence electrons. The maximum absolute atomic E-state index is 12.1. The Bertz CT molecular complexity index is 463. The first-order chi connectivity index (χ1) is 9.49. The van der Waals surface area contributed by atoms with E-state index in [-0.39, 0.29) is 5.91 Å². The molecule has 2 N–H and O–H groups in total. The smallest absolute Gasteiger partial charge is 0.329 e. The molecule has 0 heterocycles. The standard InChI is InChI=1S/C15H21NO4/c1-4-15(5-2,14(18)19)16-13(17)11-7-9-12(10-8-11)20-6-3/h7-10H,4-6H2,1-3H3,(H,16,17)(H,18,19). The largest absolute Gasteiger partial charge is 0.494 e. The summed E-state index contributed by atoms with van der Waals surface area (Å²) in [6.45, 7) is 5.93.